The van der Waals surface area contributed by atoms with Crippen LogP contribution in [0.15, 0.2) is 0 Å². The predicted molar refractivity (Wildman–Crippen MR) is 50.1 cm³/mol. The number of hydrogen-bond acceptors (Lipinski definition) is 4. The first-order valence-electron chi connectivity index (χ1n) is 4.44. The van der Waals surface area contributed by atoms with Crippen LogP contribution in [0.1, 0.15) is 34.1 Å². The number of nitrogens with two attached hydrogens (primary N) is 1. The summed E-state index contributed by atoms with van der Waals surface area (Å²) in [7, 11) is 0. The van der Waals surface area contributed by atoms with Crippen LogP contribution in [0, 0.1) is 0 Å². The maximum Gasteiger partial charge on any atom is 0.337 e. The number of ether oxygens (including phenoxy) is 1. The molecule has 78 valence electrons. The second kappa shape index (κ2) is 4.58. The number of carbonyl (C=O) groups excluding carboxylic acids is 1. The quantitative estimate of drug-likeness (QED) is 0.631. The maximum absolute atomic E-state index is 11.2. The average Bonchev–Trinajstić information content (AvgIpc) is 1.98. The van der Waals surface area contributed by atoms with Crippen molar-refractivity contribution in [3.8, 4) is 0 Å². The molecule has 13 heavy (non-hydrogen) atoms. The van der Waals surface area contributed by atoms with Crippen LogP contribution in [0.3, 0.4) is 0 Å². The van der Waals surface area contributed by atoms with Gasteiger partial charge in [-0.3, -0.25) is 0 Å². The van der Waals surface area contributed by atoms with Crippen molar-refractivity contribution in [1.29, 1.82) is 0 Å². The summed E-state index contributed by atoms with van der Waals surface area (Å²) in [5.41, 5.74) is 4.91. The van der Waals surface area contributed by atoms with E-state index in [1.54, 1.807) is 27.7 Å². The summed E-state index contributed by atoms with van der Waals surface area (Å²) in [5.74, 6) is -0.651. The van der Waals surface area contributed by atoms with Gasteiger partial charge >= 0.3 is 5.97 Å². The first kappa shape index (κ1) is 12.4. The fraction of sp³-hybridized carbons (Fsp3) is 0.889. The molecule has 3 N–H and O–H groups in total. The van der Waals surface area contributed by atoms with Gasteiger partial charge in [0.25, 0.3) is 0 Å². The number of carbonyl (C=O) groups is 1. The van der Waals surface area contributed by atoms with Crippen LogP contribution in [-0.2, 0) is 9.53 Å². The highest BCUT2D eigenvalue weighted by Crippen LogP contribution is 2.09. The average molecular weight is 189 g/mol. The van der Waals surface area contributed by atoms with Crippen molar-refractivity contribution in [1.82, 2.24) is 0 Å². The number of aliphatic hydroxyl groups excluding tert-OH is 1. The summed E-state index contributed by atoms with van der Waals surface area (Å²) in [6, 6.07) is -0.546. The van der Waals surface area contributed by atoms with Gasteiger partial charge in [0.1, 0.15) is 5.60 Å². The summed E-state index contributed by atoms with van der Waals surface area (Å²) in [4.78, 5) is 11.2. The molecule has 0 amide bonds. The molecule has 4 heteroatoms. The minimum atomic E-state index is -1.22. The molecule has 0 radical (unpaired) electrons. The topological polar surface area (TPSA) is 72.5 Å². The molecule has 0 rings (SSSR count). The molecule has 4 nitrogen and oxygen atoms in total. The third-order valence-electron chi connectivity index (χ3n) is 1.53. The van der Waals surface area contributed by atoms with Crippen molar-refractivity contribution < 1.29 is 14.6 Å². The zero-order valence-electron chi connectivity index (χ0n) is 8.70. The third kappa shape index (κ3) is 4.85. The molecule has 0 aliphatic carbocycles. The van der Waals surface area contributed by atoms with Gasteiger partial charge in [-0.15, -0.1) is 0 Å². The summed E-state index contributed by atoms with van der Waals surface area (Å²) in [6.07, 6.45) is -0.676. The molecule has 0 bridgehead atoms. The third-order valence-corrected chi connectivity index (χ3v) is 1.53. The summed E-state index contributed by atoms with van der Waals surface area (Å²) in [6.45, 7) is 7.04. The van der Waals surface area contributed by atoms with Crippen molar-refractivity contribution >= 4 is 5.97 Å². The second-order valence-electron chi connectivity index (χ2n) is 4.05. The number of aliphatic hydroxyl groups is 1. The van der Waals surface area contributed by atoms with Crippen molar-refractivity contribution in [2.24, 2.45) is 5.73 Å². The Balaban J connectivity index is 4.12. The summed E-state index contributed by atoms with van der Waals surface area (Å²) < 4.78 is 4.95. The normalized spacial score (nSPS) is 16.5. The second-order valence-corrected chi connectivity index (χ2v) is 4.05. The Morgan fingerprint density at radius 1 is 1.54 bits per heavy atom. The SMILES string of the molecule is CCC(N)C(O)C(=O)OC(C)(C)C. The minimum Gasteiger partial charge on any atom is -0.458 e. The largest absolute Gasteiger partial charge is 0.458 e. The molecule has 2 atom stereocenters. The van der Waals surface area contributed by atoms with Gasteiger partial charge in [0.05, 0.1) is 0 Å². The van der Waals surface area contributed by atoms with Crippen molar-refractivity contribution in [2.75, 3.05) is 0 Å². The molecule has 2 unspecified atom stereocenters. The Kier molecular flexibility index (Phi) is 4.36. The van der Waals surface area contributed by atoms with E-state index in [0.717, 1.165) is 0 Å². The van der Waals surface area contributed by atoms with Crippen molar-refractivity contribution in [3.05, 3.63) is 0 Å². The lowest BCUT2D eigenvalue weighted by Gasteiger charge is -2.23. The van der Waals surface area contributed by atoms with Crippen molar-refractivity contribution in [3.63, 3.8) is 0 Å². The Morgan fingerprint density at radius 2 is 2.00 bits per heavy atom. The first-order chi connectivity index (χ1) is 5.78. The highest BCUT2D eigenvalue weighted by atomic mass is 16.6. The Hall–Kier alpha value is -0.610. The molecule has 0 aromatic rings. The number of hydrogen-bond donors (Lipinski definition) is 2. The molecular formula is C9H19NO3. The maximum atomic E-state index is 11.2. The van der Waals surface area contributed by atoms with Gasteiger partial charge in [0, 0.05) is 6.04 Å². The molecule has 0 saturated carbocycles. The van der Waals surface area contributed by atoms with E-state index < -0.39 is 23.7 Å². The van der Waals surface area contributed by atoms with E-state index in [2.05, 4.69) is 0 Å². The molecule has 0 aromatic heterocycles. The highest BCUT2D eigenvalue weighted by molar-refractivity contribution is 5.75. The fourth-order valence-electron chi connectivity index (χ4n) is 0.760. The molecule has 0 saturated heterocycles. The van der Waals surface area contributed by atoms with Gasteiger partial charge in [-0.2, -0.15) is 0 Å². The zero-order chi connectivity index (χ0) is 10.6. The van der Waals surface area contributed by atoms with E-state index in [4.69, 9.17) is 10.5 Å². The van der Waals surface area contributed by atoms with Crippen LogP contribution >= 0.6 is 0 Å². The first-order valence-corrected chi connectivity index (χ1v) is 4.44. The van der Waals surface area contributed by atoms with Crippen LogP contribution in [-0.4, -0.2) is 28.8 Å². The molecule has 0 spiro atoms. The van der Waals surface area contributed by atoms with E-state index in [0.29, 0.717) is 6.42 Å². The van der Waals surface area contributed by atoms with Crippen LogP contribution < -0.4 is 5.73 Å². The van der Waals surface area contributed by atoms with E-state index in [1.165, 1.54) is 0 Å². The van der Waals surface area contributed by atoms with Crippen molar-refractivity contribution in [2.45, 2.75) is 51.9 Å². The Morgan fingerprint density at radius 3 is 2.31 bits per heavy atom. The molecule has 0 aromatic carbocycles. The van der Waals surface area contributed by atoms with E-state index in [1.807, 2.05) is 0 Å². The van der Waals surface area contributed by atoms with E-state index in [-0.39, 0.29) is 0 Å². The highest BCUT2D eigenvalue weighted by Gasteiger charge is 2.26. The van der Waals surface area contributed by atoms with Crippen LogP contribution in [0.25, 0.3) is 0 Å². The fourth-order valence-corrected chi connectivity index (χ4v) is 0.760. The smallest absolute Gasteiger partial charge is 0.337 e. The zero-order valence-corrected chi connectivity index (χ0v) is 8.70. The molecule has 0 aliphatic heterocycles. The summed E-state index contributed by atoms with van der Waals surface area (Å²) in [5, 5.41) is 9.35. The van der Waals surface area contributed by atoms with Gasteiger partial charge in [-0.05, 0) is 27.2 Å². The molecule has 0 aliphatic rings. The van der Waals surface area contributed by atoms with Crippen LogP contribution in [0.5, 0.6) is 0 Å². The summed E-state index contributed by atoms with van der Waals surface area (Å²) >= 11 is 0. The van der Waals surface area contributed by atoms with Gasteiger partial charge in [0.15, 0.2) is 6.10 Å². The standard InChI is InChI=1S/C9H19NO3/c1-5-6(10)7(11)8(12)13-9(2,3)4/h6-7,11H,5,10H2,1-4H3. The molecule has 0 heterocycles. The van der Waals surface area contributed by atoms with E-state index in [9.17, 15) is 9.90 Å². The van der Waals surface area contributed by atoms with Gasteiger partial charge in [-0.1, -0.05) is 6.92 Å². The lowest BCUT2D eigenvalue weighted by atomic mass is 10.1. The number of rotatable bonds is 3. The minimum absolute atomic E-state index is 0.542. The molecule has 0 fully saturated rings. The monoisotopic (exact) mass is 189 g/mol. The van der Waals surface area contributed by atoms with Gasteiger partial charge in [0.2, 0.25) is 0 Å². The van der Waals surface area contributed by atoms with E-state index >= 15 is 0 Å². The number of esters is 1. The Bertz CT molecular complexity index is 174. The molecular weight excluding hydrogens is 170 g/mol. The van der Waals surface area contributed by atoms with Crippen LogP contribution in [0.4, 0.5) is 0 Å². The van der Waals surface area contributed by atoms with Gasteiger partial charge in [-0.25, -0.2) is 4.79 Å². The predicted octanol–water partition coefficient (Wildman–Crippen LogP) is 0.426. The van der Waals surface area contributed by atoms with Gasteiger partial charge < -0.3 is 15.6 Å². The lowest BCUT2D eigenvalue weighted by molar-refractivity contribution is -0.166. The Labute approximate surface area is 79.1 Å². The lowest BCUT2D eigenvalue weighted by Crippen LogP contribution is -2.43. The van der Waals surface area contributed by atoms with Crippen LogP contribution in [0.2, 0.25) is 0 Å².